The Morgan fingerprint density at radius 1 is 1.32 bits per heavy atom. The van der Waals surface area contributed by atoms with Crippen molar-refractivity contribution in [2.24, 2.45) is 10.7 Å². The number of aryl methyl sites for hydroxylation is 1. The van der Waals surface area contributed by atoms with Gasteiger partial charge in [-0.2, -0.15) is 0 Å². The molecule has 1 aliphatic rings. The van der Waals surface area contributed by atoms with Crippen molar-refractivity contribution in [3.63, 3.8) is 0 Å². The average Bonchev–Trinajstić information content (AvgIpc) is 2.68. The van der Waals surface area contributed by atoms with E-state index in [1.807, 2.05) is 0 Å². The number of aliphatic hydroxyl groups is 1. The van der Waals surface area contributed by atoms with E-state index in [0.717, 1.165) is 17.0 Å². The highest BCUT2D eigenvalue weighted by molar-refractivity contribution is 6.09. The number of benzene rings is 1. The molecular weight excluding hydrogens is 357 g/mol. The van der Waals surface area contributed by atoms with Gasteiger partial charge in [0.15, 0.2) is 0 Å². The Labute approximate surface area is 164 Å². The lowest BCUT2D eigenvalue weighted by Crippen LogP contribution is -2.43. The summed E-state index contributed by atoms with van der Waals surface area (Å²) in [4.78, 5) is 15.1. The highest BCUT2D eigenvalue weighted by atomic mass is 19.1. The minimum absolute atomic E-state index is 0.258. The molecule has 0 atom stereocenters. The summed E-state index contributed by atoms with van der Waals surface area (Å²) in [5, 5.41) is 11.1. The van der Waals surface area contributed by atoms with Gasteiger partial charge in [0.25, 0.3) is 0 Å². The van der Waals surface area contributed by atoms with Crippen molar-refractivity contribution in [3.8, 4) is 0 Å². The number of nitrogens with two attached hydrogens (primary N) is 1. The van der Waals surface area contributed by atoms with Crippen LogP contribution in [-0.4, -0.2) is 41.4 Å². The summed E-state index contributed by atoms with van der Waals surface area (Å²) < 4.78 is 13.6. The summed E-state index contributed by atoms with van der Waals surface area (Å²) in [5.74, 6) is 0.477. The van der Waals surface area contributed by atoms with Gasteiger partial charge in [0.2, 0.25) is 0 Å². The van der Waals surface area contributed by atoms with Crippen LogP contribution >= 0.6 is 0 Å². The minimum Gasteiger partial charge on any atom is -0.402 e. The van der Waals surface area contributed by atoms with Crippen molar-refractivity contribution in [3.05, 3.63) is 58.9 Å². The van der Waals surface area contributed by atoms with Crippen molar-refractivity contribution in [1.29, 1.82) is 0 Å². The van der Waals surface area contributed by atoms with E-state index in [1.54, 1.807) is 51.6 Å². The van der Waals surface area contributed by atoms with Gasteiger partial charge in [0.05, 0.1) is 23.7 Å². The van der Waals surface area contributed by atoms with Crippen LogP contribution in [0, 0.1) is 12.7 Å². The molecule has 3 N–H and O–H groups in total. The van der Waals surface area contributed by atoms with Crippen LogP contribution < -0.4 is 10.6 Å². The van der Waals surface area contributed by atoms with Gasteiger partial charge < -0.3 is 15.7 Å². The Bertz CT molecular complexity index is 913. The molecule has 2 aromatic rings. The number of nitrogens with zero attached hydrogens (tertiary/aromatic N) is 4. The third-order valence-corrected chi connectivity index (χ3v) is 5.19. The standard InChI is InChI=1S/C21H26FN5O/c1-14-10-16(4-5-18(14)22)21(28)6-8-27(9-7-21)20-13-25-12-19(26-20)17(11-24-3)15(2)23/h4-5,10-13,28H,6-9,23H2,1-3H3/b17-15+,24-11?. The SMILES string of the molecule is CN=C/C(=C(/C)N)c1cncc(N2CCC(O)(c3ccc(F)c(C)c3)CC2)n1. The first kappa shape index (κ1) is 19.9. The lowest BCUT2D eigenvalue weighted by atomic mass is 9.84. The Morgan fingerprint density at radius 3 is 2.64 bits per heavy atom. The molecule has 0 saturated carbocycles. The molecule has 1 saturated heterocycles. The van der Waals surface area contributed by atoms with Gasteiger partial charge in [-0.15, -0.1) is 0 Å². The van der Waals surface area contributed by atoms with E-state index in [9.17, 15) is 9.50 Å². The van der Waals surface area contributed by atoms with Crippen molar-refractivity contribution < 1.29 is 9.50 Å². The van der Waals surface area contributed by atoms with Crippen LogP contribution in [0.2, 0.25) is 0 Å². The lowest BCUT2D eigenvalue weighted by Gasteiger charge is -2.39. The number of aromatic nitrogens is 2. The maximum Gasteiger partial charge on any atom is 0.147 e. The minimum atomic E-state index is -0.965. The van der Waals surface area contributed by atoms with E-state index in [2.05, 4.69) is 19.9 Å². The van der Waals surface area contributed by atoms with Crippen molar-refractivity contribution >= 4 is 17.6 Å². The van der Waals surface area contributed by atoms with Gasteiger partial charge in [-0.3, -0.25) is 9.98 Å². The summed E-state index contributed by atoms with van der Waals surface area (Å²) in [6, 6.07) is 4.82. The van der Waals surface area contributed by atoms with Crippen molar-refractivity contribution in [1.82, 2.24) is 9.97 Å². The molecule has 6 nitrogen and oxygen atoms in total. The molecule has 148 valence electrons. The van der Waals surface area contributed by atoms with Crippen LogP contribution in [-0.2, 0) is 5.60 Å². The van der Waals surface area contributed by atoms with Gasteiger partial charge in [0.1, 0.15) is 11.6 Å². The fourth-order valence-electron chi connectivity index (χ4n) is 3.47. The first-order valence-corrected chi connectivity index (χ1v) is 9.29. The van der Waals surface area contributed by atoms with Crippen LogP contribution in [0.25, 0.3) is 5.57 Å². The fraction of sp³-hybridized carbons (Fsp3) is 0.381. The van der Waals surface area contributed by atoms with E-state index >= 15 is 0 Å². The second-order valence-corrected chi connectivity index (χ2v) is 7.23. The molecule has 1 aliphatic heterocycles. The Balaban J connectivity index is 1.79. The van der Waals surface area contributed by atoms with E-state index < -0.39 is 5.60 Å². The van der Waals surface area contributed by atoms with Crippen LogP contribution in [0.5, 0.6) is 0 Å². The zero-order chi connectivity index (χ0) is 20.3. The molecule has 0 radical (unpaired) electrons. The third kappa shape index (κ3) is 4.04. The summed E-state index contributed by atoms with van der Waals surface area (Å²) in [5.41, 5.74) is 8.32. The number of aliphatic imine (C=N–C) groups is 1. The zero-order valence-corrected chi connectivity index (χ0v) is 16.5. The normalized spacial score (nSPS) is 17.7. The molecule has 7 heteroatoms. The quantitative estimate of drug-likeness (QED) is 0.793. The fourth-order valence-corrected chi connectivity index (χ4v) is 3.47. The summed E-state index contributed by atoms with van der Waals surface area (Å²) in [7, 11) is 1.68. The average molecular weight is 383 g/mol. The molecule has 0 bridgehead atoms. The first-order valence-electron chi connectivity index (χ1n) is 9.29. The molecule has 1 aromatic carbocycles. The molecule has 1 fully saturated rings. The van der Waals surface area contributed by atoms with E-state index in [0.29, 0.717) is 42.9 Å². The topological polar surface area (TPSA) is 87.6 Å². The zero-order valence-electron chi connectivity index (χ0n) is 16.5. The highest BCUT2D eigenvalue weighted by Crippen LogP contribution is 2.34. The summed E-state index contributed by atoms with van der Waals surface area (Å²) >= 11 is 0. The molecule has 28 heavy (non-hydrogen) atoms. The van der Waals surface area contributed by atoms with Crippen LogP contribution in [0.4, 0.5) is 10.2 Å². The number of rotatable bonds is 4. The third-order valence-electron chi connectivity index (χ3n) is 5.19. The van der Waals surface area contributed by atoms with E-state index in [1.165, 1.54) is 6.07 Å². The monoisotopic (exact) mass is 383 g/mol. The molecule has 1 aromatic heterocycles. The maximum absolute atomic E-state index is 13.6. The second-order valence-electron chi connectivity index (χ2n) is 7.23. The van der Waals surface area contributed by atoms with Gasteiger partial charge >= 0.3 is 0 Å². The Hall–Kier alpha value is -2.80. The predicted octanol–water partition coefficient (Wildman–Crippen LogP) is 2.80. The van der Waals surface area contributed by atoms with Crippen LogP contribution in [0.1, 0.15) is 36.6 Å². The number of hydrogen-bond donors (Lipinski definition) is 2. The molecular formula is C21H26FN5O. The summed E-state index contributed by atoms with van der Waals surface area (Å²) in [6.07, 6.45) is 6.11. The Morgan fingerprint density at radius 2 is 2.04 bits per heavy atom. The van der Waals surface area contributed by atoms with Gasteiger partial charge in [-0.25, -0.2) is 9.37 Å². The van der Waals surface area contributed by atoms with Crippen molar-refractivity contribution in [2.75, 3.05) is 25.0 Å². The van der Waals surface area contributed by atoms with E-state index in [-0.39, 0.29) is 5.82 Å². The first-order chi connectivity index (χ1) is 13.3. The highest BCUT2D eigenvalue weighted by Gasteiger charge is 2.34. The number of piperidine rings is 1. The van der Waals surface area contributed by atoms with E-state index in [4.69, 9.17) is 5.73 Å². The maximum atomic E-state index is 13.6. The number of allylic oxidation sites excluding steroid dienone is 2. The molecule has 2 heterocycles. The molecule has 0 amide bonds. The second kappa shape index (κ2) is 8.06. The van der Waals surface area contributed by atoms with Crippen LogP contribution in [0.15, 0.2) is 41.3 Å². The smallest absolute Gasteiger partial charge is 0.147 e. The van der Waals surface area contributed by atoms with Crippen LogP contribution in [0.3, 0.4) is 0 Å². The number of anilines is 1. The number of hydrogen-bond acceptors (Lipinski definition) is 6. The lowest BCUT2D eigenvalue weighted by molar-refractivity contribution is 0.0115. The largest absolute Gasteiger partial charge is 0.402 e. The molecule has 0 unspecified atom stereocenters. The van der Waals surface area contributed by atoms with Crippen molar-refractivity contribution in [2.45, 2.75) is 32.3 Å². The predicted molar refractivity (Wildman–Crippen MR) is 110 cm³/mol. The van der Waals surface area contributed by atoms with Gasteiger partial charge in [-0.05, 0) is 43.9 Å². The Kier molecular flexibility index (Phi) is 5.74. The molecule has 3 rings (SSSR count). The van der Waals surface area contributed by atoms with Gasteiger partial charge in [-0.1, -0.05) is 12.1 Å². The molecule has 0 aliphatic carbocycles. The molecule has 0 spiro atoms. The number of halogens is 1. The van der Waals surface area contributed by atoms with Gasteiger partial charge in [0, 0.05) is 37.6 Å². The summed E-state index contributed by atoms with van der Waals surface area (Å²) in [6.45, 7) is 4.75.